The van der Waals surface area contributed by atoms with E-state index in [2.05, 4.69) is 21.3 Å². The van der Waals surface area contributed by atoms with E-state index in [0.717, 1.165) is 15.6 Å². The smallest absolute Gasteiger partial charge is 0.275 e. The van der Waals surface area contributed by atoms with Crippen molar-refractivity contribution in [3.8, 4) is 16.0 Å². The minimum absolute atomic E-state index is 0.246. The number of nitriles is 1. The highest BCUT2D eigenvalue weighted by molar-refractivity contribution is 7.82. The van der Waals surface area contributed by atoms with E-state index in [-0.39, 0.29) is 5.91 Å². The van der Waals surface area contributed by atoms with Gasteiger partial charge in [-0.25, -0.2) is 13.5 Å². The van der Waals surface area contributed by atoms with Crippen LogP contribution in [0.15, 0.2) is 76.3 Å². The number of rotatable bonds is 6. The molecule has 1 aliphatic heterocycles. The third-order valence-electron chi connectivity index (χ3n) is 5.63. The number of hydrogen-bond donors (Lipinski definition) is 1. The third kappa shape index (κ3) is 5.04. The van der Waals surface area contributed by atoms with Gasteiger partial charge in [-0.3, -0.25) is 4.79 Å². The monoisotopic (exact) mass is 519 g/mol. The van der Waals surface area contributed by atoms with Crippen LogP contribution in [-0.2, 0) is 11.0 Å². The Labute approximate surface area is 213 Å². The molecule has 0 saturated carbocycles. The summed E-state index contributed by atoms with van der Waals surface area (Å²) < 4.78 is 15.0. The number of amides is 1. The number of nitrogens with one attached hydrogen (secondary N) is 1. The van der Waals surface area contributed by atoms with Gasteiger partial charge in [0.25, 0.3) is 5.91 Å². The Bertz CT molecular complexity index is 1400. The molecule has 1 N–H and O–H groups in total. The van der Waals surface area contributed by atoms with Gasteiger partial charge < -0.3 is 10.2 Å². The van der Waals surface area contributed by atoms with Gasteiger partial charge in [-0.2, -0.15) is 5.26 Å². The molecule has 1 atom stereocenters. The van der Waals surface area contributed by atoms with Crippen LogP contribution in [0.3, 0.4) is 0 Å². The maximum Gasteiger partial charge on any atom is 0.275 e. The molecule has 1 fully saturated rings. The van der Waals surface area contributed by atoms with Crippen LogP contribution in [0.1, 0.15) is 16.1 Å². The van der Waals surface area contributed by atoms with Crippen LogP contribution in [0.25, 0.3) is 9.88 Å². The first kappa shape index (κ1) is 23.4. The van der Waals surface area contributed by atoms with Crippen molar-refractivity contribution in [2.75, 3.05) is 36.4 Å². The molecule has 0 aliphatic carbocycles. The lowest BCUT2D eigenvalue weighted by atomic mass is 10.2. The zero-order valence-electron chi connectivity index (χ0n) is 18.6. The Morgan fingerprint density at radius 3 is 2.54 bits per heavy atom. The SMILES string of the molecule is N#Cc1ccccc1S(=O)N1CCN(c2ccccc2NC(=O)c2csc(-c3cccs3)n2)CC1. The summed E-state index contributed by atoms with van der Waals surface area (Å²) in [6.07, 6.45) is 0. The molecular weight excluding hydrogens is 499 g/mol. The number of nitrogens with zero attached hydrogens (tertiary/aromatic N) is 4. The first-order valence-electron chi connectivity index (χ1n) is 10.9. The molecule has 0 radical (unpaired) electrons. The predicted octanol–water partition coefficient (Wildman–Crippen LogP) is 4.84. The minimum Gasteiger partial charge on any atom is -0.367 e. The van der Waals surface area contributed by atoms with E-state index >= 15 is 0 Å². The molecule has 7 nitrogen and oxygen atoms in total. The van der Waals surface area contributed by atoms with Gasteiger partial charge >= 0.3 is 0 Å². The molecule has 176 valence electrons. The van der Waals surface area contributed by atoms with E-state index in [1.165, 1.54) is 11.3 Å². The van der Waals surface area contributed by atoms with Gasteiger partial charge in [0.1, 0.15) is 27.8 Å². The van der Waals surface area contributed by atoms with Gasteiger partial charge in [0.2, 0.25) is 0 Å². The second-order valence-corrected chi connectivity index (χ2v) is 11.0. The van der Waals surface area contributed by atoms with Gasteiger partial charge in [0.15, 0.2) is 0 Å². The maximum atomic E-state index is 13.1. The molecule has 1 amide bonds. The molecule has 0 bridgehead atoms. The highest BCUT2D eigenvalue weighted by Gasteiger charge is 2.25. The summed E-state index contributed by atoms with van der Waals surface area (Å²) in [6.45, 7) is 2.44. The Hall–Kier alpha value is -3.36. The number of thiophene rings is 1. The van der Waals surface area contributed by atoms with Crippen molar-refractivity contribution in [2.24, 2.45) is 0 Å². The largest absolute Gasteiger partial charge is 0.367 e. The van der Waals surface area contributed by atoms with Crippen molar-refractivity contribution in [1.29, 1.82) is 5.26 Å². The lowest BCUT2D eigenvalue weighted by Crippen LogP contribution is -2.47. The quantitative estimate of drug-likeness (QED) is 0.394. The average Bonchev–Trinajstić information content (AvgIpc) is 3.61. The molecule has 2 aromatic carbocycles. The molecule has 1 saturated heterocycles. The minimum atomic E-state index is -1.39. The Morgan fingerprint density at radius 2 is 1.77 bits per heavy atom. The molecule has 3 heterocycles. The second-order valence-electron chi connectivity index (χ2n) is 7.76. The first-order chi connectivity index (χ1) is 17.1. The van der Waals surface area contributed by atoms with Gasteiger partial charge in [-0.15, -0.1) is 22.7 Å². The number of piperazine rings is 1. The van der Waals surface area contributed by atoms with Crippen molar-refractivity contribution in [3.63, 3.8) is 0 Å². The predicted molar refractivity (Wildman–Crippen MR) is 141 cm³/mol. The highest BCUT2D eigenvalue weighted by atomic mass is 32.2. The van der Waals surface area contributed by atoms with Crippen molar-refractivity contribution in [2.45, 2.75) is 4.90 Å². The fourth-order valence-electron chi connectivity index (χ4n) is 3.88. The number of carbonyl (C=O) groups excluding carboxylic acids is 1. The zero-order valence-corrected chi connectivity index (χ0v) is 21.0. The molecule has 1 aliphatic rings. The number of para-hydroxylation sites is 2. The van der Waals surface area contributed by atoms with Gasteiger partial charge in [0, 0.05) is 31.6 Å². The molecule has 2 aromatic heterocycles. The van der Waals surface area contributed by atoms with Gasteiger partial charge in [-0.1, -0.05) is 30.3 Å². The molecular formula is C25H21N5O2S3. The summed E-state index contributed by atoms with van der Waals surface area (Å²) in [5.41, 5.74) is 2.46. The normalized spacial score (nSPS) is 14.9. The third-order valence-corrected chi connectivity index (χ3v) is 9.08. The van der Waals surface area contributed by atoms with Crippen molar-refractivity contribution < 1.29 is 9.00 Å². The first-order valence-corrected chi connectivity index (χ1v) is 13.8. The molecule has 10 heteroatoms. The summed E-state index contributed by atoms with van der Waals surface area (Å²) >= 11 is 3.05. The van der Waals surface area contributed by atoms with E-state index in [0.29, 0.717) is 48.0 Å². The fourth-order valence-corrected chi connectivity index (χ4v) is 6.76. The molecule has 5 rings (SSSR count). The Morgan fingerprint density at radius 1 is 1.00 bits per heavy atom. The number of hydrogen-bond acceptors (Lipinski definition) is 7. The number of thiazole rings is 1. The van der Waals surface area contributed by atoms with Crippen LogP contribution < -0.4 is 10.2 Å². The Balaban J connectivity index is 1.27. The van der Waals surface area contributed by atoms with Crippen LogP contribution in [0.5, 0.6) is 0 Å². The van der Waals surface area contributed by atoms with Crippen molar-refractivity contribution in [3.05, 3.63) is 82.7 Å². The molecule has 0 spiro atoms. The number of carbonyl (C=O) groups is 1. The van der Waals surface area contributed by atoms with Crippen LogP contribution in [0.2, 0.25) is 0 Å². The van der Waals surface area contributed by atoms with E-state index in [4.69, 9.17) is 0 Å². The number of anilines is 2. The fraction of sp³-hybridized carbons (Fsp3) is 0.160. The van der Waals surface area contributed by atoms with Gasteiger partial charge in [0.05, 0.1) is 26.7 Å². The van der Waals surface area contributed by atoms with E-state index in [9.17, 15) is 14.3 Å². The summed E-state index contributed by atoms with van der Waals surface area (Å²) in [5, 5.41) is 17.0. The van der Waals surface area contributed by atoms with Crippen molar-refractivity contribution >= 4 is 50.9 Å². The van der Waals surface area contributed by atoms with Crippen LogP contribution in [0.4, 0.5) is 11.4 Å². The lowest BCUT2D eigenvalue weighted by molar-refractivity contribution is 0.102. The second kappa shape index (κ2) is 10.5. The van der Waals surface area contributed by atoms with Gasteiger partial charge in [-0.05, 0) is 35.7 Å². The number of aromatic nitrogens is 1. The van der Waals surface area contributed by atoms with Crippen LogP contribution >= 0.6 is 22.7 Å². The Kier molecular flexibility index (Phi) is 7.01. The van der Waals surface area contributed by atoms with E-state index in [1.807, 2.05) is 46.1 Å². The number of benzene rings is 2. The lowest BCUT2D eigenvalue weighted by Gasteiger charge is -2.36. The van der Waals surface area contributed by atoms with E-state index < -0.39 is 11.0 Å². The molecule has 1 unspecified atom stereocenters. The summed E-state index contributed by atoms with van der Waals surface area (Å²) in [5.74, 6) is -0.246. The average molecular weight is 520 g/mol. The van der Waals surface area contributed by atoms with Crippen molar-refractivity contribution in [1.82, 2.24) is 9.29 Å². The summed E-state index contributed by atoms with van der Waals surface area (Å²) in [4.78, 5) is 21.2. The van der Waals surface area contributed by atoms with E-state index in [1.54, 1.807) is 41.0 Å². The van der Waals surface area contributed by atoms with Crippen LogP contribution in [-0.4, -0.2) is 45.6 Å². The molecule has 35 heavy (non-hydrogen) atoms. The topological polar surface area (TPSA) is 89.3 Å². The summed E-state index contributed by atoms with van der Waals surface area (Å²) in [7, 11) is -1.39. The summed E-state index contributed by atoms with van der Waals surface area (Å²) in [6, 6.07) is 20.8. The maximum absolute atomic E-state index is 13.1. The highest BCUT2D eigenvalue weighted by Crippen LogP contribution is 2.30. The van der Waals surface area contributed by atoms with Crippen LogP contribution in [0, 0.1) is 11.3 Å². The molecule has 4 aromatic rings. The zero-order chi connectivity index (χ0) is 24.2. The standard InChI is InChI=1S/C25H21N5O2S3/c26-16-18-6-1-4-10-23(18)35(32)30-13-11-29(12-14-30)21-8-3-2-7-19(21)27-24(31)20-17-34-25(28-20)22-9-5-15-33-22/h1-10,15,17H,11-14H2,(H,27,31).